The lowest BCUT2D eigenvalue weighted by Gasteiger charge is -2.21. The van der Waals surface area contributed by atoms with E-state index in [1.807, 2.05) is 0 Å². The van der Waals surface area contributed by atoms with Crippen molar-refractivity contribution in [3.8, 4) is 17.3 Å². The van der Waals surface area contributed by atoms with Crippen LogP contribution in [0.2, 0.25) is 0 Å². The minimum absolute atomic E-state index is 0.188. The fourth-order valence-corrected chi connectivity index (χ4v) is 2.93. The normalized spacial score (nSPS) is 14.0. The molecule has 3 rings (SSSR count). The summed E-state index contributed by atoms with van der Waals surface area (Å²) in [7, 11) is 3.19. The number of carbonyl (C=O) groups is 2. The molecule has 1 aliphatic carbocycles. The van der Waals surface area contributed by atoms with Gasteiger partial charge in [0.1, 0.15) is 17.9 Å². The number of aliphatic hydroxyl groups is 1. The van der Waals surface area contributed by atoms with E-state index < -0.39 is 12.6 Å². The molecule has 1 aliphatic rings. The first-order chi connectivity index (χ1) is 13.9. The zero-order valence-electron chi connectivity index (χ0n) is 16.4. The van der Waals surface area contributed by atoms with Gasteiger partial charge in [-0.3, -0.25) is 19.6 Å². The summed E-state index contributed by atoms with van der Waals surface area (Å²) in [6.45, 7) is -0.407. The standard InChI is InChI=1S/C21H23N5O3/c1-26(2)21(29)19(12-27)25-17-7-14(5-6-15(17)9-22)18-11-23-16(10-24-18)8-20(28)13-3-4-13/h5-7,10-11,13,19,25,27H,3-4,8,12H2,1-2H3. The fraction of sp³-hybridized carbons (Fsp3) is 0.381. The second kappa shape index (κ2) is 8.80. The van der Waals surface area contributed by atoms with E-state index in [2.05, 4.69) is 21.4 Å². The highest BCUT2D eigenvalue weighted by molar-refractivity contribution is 5.86. The van der Waals surface area contributed by atoms with Crippen LogP contribution < -0.4 is 5.32 Å². The molecular weight excluding hydrogens is 370 g/mol. The molecule has 150 valence electrons. The Labute approximate surface area is 169 Å². The zero-order valence-corrected chi connectivity index (χ0v) is 16.4. The quantitative estimate of drug-likeness (QED) is 0.696. The van der Waals surface area contributed by atoms with Crippen molar-refractivity contribution in [2.75, 3.05) is 26.0 Å². The molecule has 0 radical (unpaired) electrons. The topological polar surface area (TPSA) is 119 Å². The van der Waals surface area contributed by atoms with Crippen molar-refractivity contribution in [1.29, 1.82) is 5.26 Å². The third kappa shape index (κ3) is 4.95. The lowest BCUT2D eigenvalue weighted by Crippen LogP contribution is -2.41. The summed E-state index contributed by atoms with van der Waals surface area (Å²) in [5.41, 5.74) is 2.69. The highest BCUT2D eigenvalue weighted by atomic mass is 16.3. The van der Waals surface area contributed by atoms with Gasteiger partial charge < -0.3 is 15.3 Å². The number of rotatable bonds is 8. The number of hydrogen-bond donors (Lipinski definition) is 2. The number of likely N-dealkylation sites (N-methyl/N-ethyl adjacent to an activating group) is 1. The zero-order chi connectivity index (χ0) is 21.0. The molecule has 1 heterocycles. The van der Waals surface area contributed by atoms with Gasteiger partial charge >= 0.3 is 0 Å². The predicted molar refractivity (Wildman–Crippen MR) is 107 cm³/mol. The number of ketones is 1. The van der Waals surface area contributed by atoms with Crippen LogP contribution in [0.4, 0.5) is 5.69 Å². The minimum atomic E-state index is -0.866. The Hall–Kier alpha value is -3.31. The van der Waals surface area contributed by atoms with E-state index in [4.69, 9.17) is 0 Å². The Morgan fingerprint density at radius 3 is 2.62 bits per heavy atom. The van der Waals surface area contributed by atoms with Gasteiger partial charge in [-0.15, -0.1) is 0 Å². The molecule has 0 bridgehead atoms. The Kier molecular flexibility index (Phi) is 6.20. The SMILES string of the molecule is CN(C)C(=O)C(CO)Nc1cc(-c2cnc(CC(=O)C3CC3)cn2)ccc1C#N. The highest BCUT2D eigenvalue weighted by Crippen LogP contribution is 2.31. The third-order valence-corrected chi connectivity index (χ3v) is 4.78. The number of amides is 1. The van der Waals surface area contributed by atoms with Gasteiger partial charge in [-0.1, -0.05) is 6.07 Å². The van der Waals surface area contributed by atoms with Crippen molar-refractivity contribution in [1.82, 2.24) is 14.9 Å². The number of anilines is 1. The second-order valence-corrected chi connectivity index (χ2v) is 7.29. The van der Waals surface area contributed by atoms with Crippen molar-refractivity contribution in [3.05, 3.63) is 41.9 Å². The number of nitriles is 1. The van der Waals surface area contributed by atoms with Crippen LogP contribution >= 0.6 is 0 Å². The molecule has 0 aliphatic heterocycles. The van der Waals surface area contributed by atoms with Crippen molar-refractivity contribution in [2.45, 2.75) is 25.3 Å². The summed E-state index contributed by atoms with van der Waals surface area (Å²) >= 11 is 0. The molecule has 8 nitrogen and oxygen atoms in total. The van der Waals surface area contributed by atoms with E-state index in [1.54, 1.807) is 44.7 Å². The first kappa shape index (κ1) is 20.4. The molecule has 1 saturated carbocycles. The number of hydrogen-bond acceptors (Lipinski definition) is 7. The van der Waals surface area contributed by atoms with Gasteiger partial charge in [0, 0.05) is 31.8 Å². The van der Waals surface area contributed by atoms with E-state index in [1.165, 1.54) is 4.90 Å². The van der Waals surface area contributed by atoms with Gasteiger partial charge in [-0.2, -0.15) is 5.26 Å². The van der Waals surface area contributed by atoms with Crippen molar-refractivity contribution in [3.63, 3.8) is 0 Å². The molecule has 2 aromatic rings. The van der Waals surface area contributed by atoms with Crippen LogP contribution in [0.5, 0.6) is 0 Å². The van der Waals surface area contributed by atoms with Crippen LogP contribution in [0.25, 0.3) is 11.3 Å². The van der Waals surface area contributed by atoms with Crippen LogP contribution in [0, 0.1) is 17.2 Å². The average molecular weight is 393 g/mol. The maximum Gasteiger partial charge on any atom is 0.246 e. The van der Waals surface area contributed by atoms with Gasteiger partial charge in [0.25, 0.3) is 0 Å². The van der Waals surface area contributed by atoms with Crippen LogP contribution in [0.15, 0.2) is 30.6 Å². The molecular formula is C21H23N5O3. The number of Topliss-reactive ketones (excluding diaryl/α,β-unsaturated/α-hetero) is 1. The first-order valence-electron chi connectivity index (χ1n) is 9.39. The lowest BCUT2D eigenvalue weighted by atomic mass is 10.1. The maximum atomic E-state index is 12.2. The van der Waals surface area contributed by atoms with Gasteiger partial charge in [0.15, 0.2) is 0 Å². The highest BCUT2D eigenvalue weighted by Gasteiger charge is 2.29. The van der Waals surface area contributed by atoms with Gasteiger partial charge in [0.05, 0.1) is 41.9 Å². The smallest absolute Gasteiger partial charge is 0.246 e. The summed E-state index contributed by atoms with van der Waals surface area (Å²) in [5, 5.41) is 21.9. The van der Waals surface area contributed by atoms with Crippen molar-refractivity contribution >= 4 is 17.4 Å². The van der Waals surface area contributed by atoms with E-state index >= 15 is 0 Å². The third-order valence-electron chi connectivity index (χ3n) is 4.78. The van der Waals surface area contributed by atoms with E-state index in [9.17, 15) is 20.0 Å². The first-order valence-corrected chi connectivity index (χ1v) is 9.39. The van der Waals surface area contributed by atoms with E-state index in [-0.39, 0.29) is 17.6 Å². The summed E-state index contributed by atoms with van der Waals surface area (Å²) in [6, 6.07) is 6.27. The summed E-state index contributed by atoms with van der Waals surface area (Å²) in [5.74, 6) is 0.0942. The average Bonchev–Trinajstić information content (AvgIpc) is 3.57. The number of aliphatic hydroxyl groups excluding tert-OH is 1. The number of carbonyl (C=O) groups excluding carboxylic acids is 2. The Morgan fingerprint density at radius 2 is 2.07 bits per heavy atom. The molecule has 0 saturated heterocycles. The van der Waals surface area contributed by atoms with Gasteiger partial charge in [-0.05, 0) is 25.0 Å². The number of benzene rings is 1. The molecule has 1 aromatic heterocycles. The largest absolute Gasteiger partial charge is 0.394 e. The van der Waals surface area contributed by atoms with Crippen molar-refractivity contribution < 1.29 is 14.7 Å². The minimum Gasteiger partial charge on any atom is -0.394 e. The van der Waals surface area contributed by atoms with Crippen LogP contribution in [-0.4, -0.2) is 58.4 Å². The Balaban J connectivity index is 1.81. The molecule has 0 spiro atoms. The molecule has 1 atom stereocenters. The molecule has 8 heteroatoms. The monoisotopic (exact) mass is 393 g/mol. The molecule has 2 N–H and O–H groups in total. The fourth-order valence-electron chi connectivity index (χ4n) is 2.93. The Morgan fingerprint density at radius 1 is 1.31 bits per heavy atom. The lowest BCUT2D eigenvalue weighted by molar-refractivity contribution is -0.130. The number of aromatic nitrogens is 2. The Bertz CT molecular complexity index is 946. The second-order valence-electron chi connectivity index (χ2n) is 7.29. The number of nitrogens with zero attached hydrogens (tertiary/aromatic N) is 4. The summed E-state index contributed by atoms with van der Waals surface area (Å²) in [4.78, 5) is 34.2. The summed E-state index contributed by atoms with van der Waals surface area (Å²) < 4.78 is 0. The van der Waals surface area contributed by atoms with Crippen LogP contribution in [0.1, 0.15) is 24.1 Å². The van der Waals surface area contributed by atoms with E-state index in [0.717, 1.165) is 12.8 Å². The van der Waals surface area contributed by atoms with Crippen LogP contribution in [-0.2, 0) is 16.0 Å². The predicted octanol–water partition coefficient (Wildman–Crippen LogP) is 1.40. The van der Waals surface area contributed by atoms with E-state index in [0.29, 0.717) is 34.6 Å². The van der Waals surface area contributed by atoms with Gasteiger partial charge in [0.2, 0.25) is 5.91 Å². The molecule has 1 amide bonds. The number of nitrogens with one attached hydrogen (secondary N) is 1. The van der Waals surface area contributed by atoms with Crippen LogP contribution in [0.3, 0.4) is 0 Å². The van der Waals surface area contributed by atoms with Gasteiger partial charge in [-0.25, -0.2) is 0 Å². The maximum absolute atomic E-state index is 12.2. The van der Waals surface area contributed by atoms with Crippen molar-refractivity contribution in [2.24, 2.45) is 5.92 Å². The molecule has 1 unspecified atom stereocenters. The summed E-state index contributed by atoms with van der Waals surface area (Å²) in [6.07, 6.45) is 5.41. The molecule has 29 heavy (non-hydrogen) atoms. The molecule has 1 fully saturated rings. The molecule has 1 aromatic carbocycles.